The lowest BCUT2D eigenvalue weighted by molar-refractivity contribution is -0.317. The number of halogens is 3. The second-order valence-electron chi connectivity index (χ2n) is 5.24. The maximum Gasteiger partial charge on any atom is 0.492 e. The van der Waals surface area contributed by atoms with Gasteiger partial charge < -0.3 is 19.5 Å². The first-order valence-electron chi connectivity index (χ1n) is 7.11. The number of carbonyl (C=O) groups is 1. The summed E-state index contributed by atoms with van der Waals surface area (Å²) in [6.07, 6.45) is -3.54. The predicted octanol–water partition coefficient (Wildman–Crippen LogP) is 2.15. The van der Waals surface area contributed by atoms with E-state index in [1.165, 1.54) is 24.3 Å². The van der Waals surface area contributed by atoms with Crippen LogP contribution in [0, 0.1) is 0 Å². The van der Waals surface area contributed by atoms with Gasteiger partial charge in [-0.05, 0) is 25.0 Å². The van der Waals surface area contributed by atoms with Crippen molar-refractivity contribution in [3.8, 4) is 11.5 Å². The Balaban J connectivity index is 1.67. The molecule has 1 atom stereocenters. The van der Waals surface area contributed by atoms with E-state index in [1.807, 2.05) is 0 Å². The molecule has 2 heterocycles. The predicted molar refractivity (Wildman–Crippen MR) is 72.0 cm³/mol. The number of carbonyl (C=O) groups excluding carboxylic acids is 1. The summed E-state index contributed by atoms with van der Waals surface area (Å²) in [4.78, 5) is 11.8. The number of rotatable bonds is 3. The molecule has 1 saturated heterocycles. The van der Waals surface area contributed by atoms with Gasteiger partial charge in [-0.25, -0.2) is 4.79 Å². The van der Waals surface area contributed by atoms with Gasteiger partial charge in [-0.2, -0.15) is 13.2 Å². The summed E-state index contributed by atoms with van der Waals surface area (Å²) in [6.45, 7) is 0.703. The van der Waals surface area contributed by atoms with Gasteiger partial charge in [-0.3, -0.25) is 5.32 Å². The molecular weight excluding hydrogens is 317 g/mol. The van der Waals surface area contributed by atoms with Crippen LogP contribution in [0.15, 0.2) is 24.3 Å². The van der Waals surface area contributed by atoms with Crippen LogP contribution in [0.2, 0.25) is 0 Å². The van der Waals surface area contributed by atoms with Crippen molar-refractivity contribution in [2.45, 2.75) is 31.0 Å². The number of benzene rings is 1. The number of ether oxygens (including phenoxy) is 3. The molecule has 2 N–H and O–H groups in total. The number of para-hydroxylation sites is 2. The smallest absolute Gasteiger partial charge is 0.424 e. The lowest BCUT2D eigenvalue weighted by Crippen LogP contribution is -2.66. The highest BCUT2D eigenvalue weighted by Crippen LogP contribution is 2.44. The summed E-state index contributed by atoms with van der Waals surface area (Å²) < 4.78 is 55.1. The average molecular weight is 332 g/mol. The molecule has 6 nitrogen and oxygen atoms in total. The Morgan fingerprint density at radius 2 is 1.91 bits per heavy atom. The first-order valence-corrected chi connectivity index (χ1v) is 7.11. The van der Waals surface area contributed by atoms with Crippen molar-refractivity contribution in [1.29, 1.82) is 0 Å². The van der Waals surface area contributed by atoms with Gasteiger partial charge in [0.25, 0.3) is 0 Å². The summed E-state index contributed by atoms with van der Waals surface area (Å²) in [5.41, 5.74) is 0. The maximum absolute atomic E-state index is 13.4. The van der Waals surface area contributed by atoms with Crippen LogP contribution in [0.1, 0.15) is 12.8 Å². The number of nitrogens with one attached hydrogen (secondary N) is 2. The molecule has 0 aromatic heterocycles. The van der Waals surface area contributed by atoms with E-state index < -0.39 is 18.1 Å². The standard InChI is InChI=1S/C14H15F3N2O4/c15-13(16,17)14(22-10-5-1-2-6-11(10)23-14)19-12(20)18-8-9-4-3-7-21-9/h1-2,5-6,9H,3-4,7-8H2,(H2,18,19,20)/t9-/m1/s1. The molecule has 0 unspecified atom stereocenters. The Kier molecular flexibility index (Phi) is 3.97. The second-order valence-corrected chi connectivity index (χ2v) is 5.24. The lowest BCUT2D eigenvalue weighted by atomic mass is 10.2. The van der Waals surface area contributed by atoms with Gasteiger partial charge in [0.2, 0.25) is 0 Å². The quantitative estimate of drug-likeness (QED) is 0.890. The van der Waals surface area contributed by atoms with Crippen molar-refractivity contribution < 1.29 is 32.2 Å². The molecule has 0 radical (unpaired) electrons. The van der Waals surface area contributed by atoms with Gasteiger partial charge in [0.05, 0.1) is 6.10 Å². The van der Waals surface area contributed by atoms with Gasteiger partial charge in [0.15, 0.2) is 11.5 Å². The highest BCUT2D eigenvalue weighted by Gasteiger charge is 2.65. The van der Waals surface area contributed by atoms with E-state index in [0.29, 0.717) is 6.61 Å². The average Bonchev–Trinajstić information content (AvgIpc) is 3.11. The van der Waals surface area contributed by atoms with Crippen molar-refractivity contribution in [2.24, 2.45) is 0 Å². The SMILES string of the molecule is O=C(NC[C@H]1CCCO1)NC1(C(F)(F)F)Oc2ccccc2O1. The number of hydrogen-bond acceptors (Lipinski definition) is 4. The van der Waals surface area contributed by atoms with Crippen LogP contribution in [-0.4, -0.2) is 37.4 Å². The molecule has 0 aliphatic carbocycles. The lowest BCUT2D eigenvalue weighted by Gasteiger charge is -2.29. The van der Waals surface area contributed by atoms with Crippen LogP contribution in [0.5, 0.6) is 11.5 Å². The van der Waals surface area contributed by atoms with Gasteiger partial charge in [0.1, 0.15) is 0 Å². The van der Waals surface area contributed by atoms with Gasteiger partial charge in [-0.1, -0.05) is 12.1 Å². The number of urea groups is 1. The number of fused-ring (bicyclic) bond motifs is 1. The van der Waals surface area contributed by atoms with Crippen LogP contribution in [0.25, 0.3) is 0 Å². The zero-order chi connectivity index (χ0) is 16.5. The minimum absolute atomic E-state index is 0.0933. The van der Waals surface area contributed by atoms with E-state index in [1.54, 1.807) is 5.32 Å². The van der Waals surface area contributed by atoms with E-state index in [-0.39, 0.29) is 24.1 Å². The number of alkyl halides is 3. The minimum Gasteiger partial charge on any atom is -0.424 e. The summed E-state index contributed by atoms with van der Waals surface area (Å²) >= 11 is 0. The van der Waals surface area contributed by atoms with Crippen molar-refractivity contribution in [2.75, 3.05) is 13.2 Å². The van der Waals surface area contributed by atoms with Crippen molar-refractivity contribution in [3.63, 3.8) is 0 Å². The number of hydrogen-bond donors (Lipinski definition) is 2. The highest BCUT2D eigenvalue weighted by atomic mass is 19.4. The van der Waals surface area contributed by atoms with E-state index in [2.05, 4.69) is 5.32 Å². The van der Waals surface area contributed by atoms with E-state index >= 15 is 0 Å². The minimum atomic E-state index is -4.97. The molecule has 126 valence electrons. The maximum atomic E-state index is 13.4. The Morgan fingerprint density at radius 3 is 2.43 bits per heavy atom. The fraction of sp³-hybridized carbons (Fsp3) is 0.500. The molecule has 1 fully saturated rings. The van der Waals surface area contributed by atoms with Crippen LogP contribution < -0.4 is 20.1 Å². The van der Waals surface area contributed by atoms with Crippen LogP contribution in [0.4, 0.5) is 18.0 Å². The normalized spacial score (nSPS) is 22.0. The van der Waals surface area contributed by atoms with Crippen molar-refractivity contribution in [1.82, 2.24) is 10.6 Å². The molecular formula is C14H15F3N2O4. The third-order valence-electron chi connectivity index (χ3n) is 3.52. The first-order chi connectivity index (χ1) is 10.9. The van der Waals surface area contributed by atoms with E-state index in [4.69, 9.17) is 14.2 Å². The van der Waals surface area contributed by atoms with E-state index in [9.17, 15) is 18.0 Å². The zero-order valence-electron chi connectivity index (χ0n) is 12.0. The van der Waals surface area contributed by atoms with Crippen molar-refractivity contribution in [3.05, 3.63) is 24.3 Å². The molecule has 0 bridgehead atoms. The van der Waals surface area contributed by atoms with Crippen LogP contribution in [0.3, 0.4) is 0 Å². The molecule has 2 amide bonds. The summed E-state index contributed by atoms with van der Waals surface area (Å²) in [5, 5.41) is 4.07. The van der Waals surface area contributed by atoms with Crippen molar-refractivity contribution >= 4 is 6.03 Å². The third-order valence-corrected chi connectivity index (χ3v) is 3.52. The van der Waals surface area contributed by atoms with E-state index in [0.717, 1.165) is 12.8 Å². The Morgan fingerprint density at radius 1 is 1.26 bits per heavy atom. The molecule has 23 heavy (non-hydrogen) atoms. The Hall–Kier alpha value is -2.16. The molecule has 3 rings (SSSR count). The summed E-state index contributed by atoms with van der Waals surface area (Å²) in [5.74, 6) is -3.43. The monoisotopic (exact) mass is 332 g/mol. The second kappa shape index (κ2) is 5.80. The summed E-state index contributed by atoms with van der Waals surface area (Å²) in [7, 11) is 0. The first kappa shape index (κ1) is 15.7. The zero-order valence-corrected chi connectivity index (χ0v) is 12.0. The molecule has 9 heteroatoms. The Bertz CT molecular complexity index is 563. The fourth-order valence-electron chi connectivity index (χ4n) is 2.39. The molecule has 1 aromatic carbocycles. The summed E-state index contributed by atoms with van der Waals surface area (Å²) in [6, 6.07) is 4.62. The van der Waals surface area contributed by atoms with Gasteiger partial charge >= 0.3 is 18.1 Å². The molecule has 0 saturated carbocycles. The van der Waals surface area contributed by atoms with Gasteiger partial charge in [0, 0.05) is 13.2 Å². The topological polar surface area (TPSA) is 68.8 Å². The number of amides is 2. The molecule has 1 aromatic rings. The Labute approximate surface area is 129 Å². The molecule has 0 spiro atoms. The highest BCUT2D eigenvalue weighted by molar-refractivity contribution is 5.74. The third kappa shape index (κ3) is 3.14. The van der Waals surface area contributed by atoms with Crippen LogP contribution >= 0.6 is 0 Å². The fourth-order valence-corrected chi connectivity index (χ4v) is 2.39. The molecule has 2 aliphatic rings. The van der Waals surface area contributed by atoms with Gasteiger partial charge in [-0.15, -0.1) is 0 Å². The van der Waals surface area contributed by atoms with Crippen LogP contribution in [-0.2, 0) is 4.74 Å². The molecule has 2 aliphatic heterocycles. The largest absolute Gasteiger partial charge is 0.492 e.